The van der Waals surface area contributed by atoms with E-state index in [1.807, 2.05) is 40.2 Å². The van der Waals surface area contributed by atoms with Gasteiger partial charge >= 0.3 is 0 Å². The highest BCUT2D eigenvalue weighted by molar-refractivity contribution is 7.97. The zero-order valence-corrected chi connectivity index (χ0v) is 41.1. The number of ether oxygens (including phenoxy) is 2. The van der Waals surface area contributed by atoms with Crippen LogP contribution in [-0.2, 0) is 6.42 Å². The lowest BCUT2D eigenvalue weighted by atomic mass is 9.95. The summed E-state index contributed by atoms with van der Waals surface area (Å²) in [6.07, 6.45) is 35.6. The molecule has 0 aromatic heterocycles. The van der Waals surface area contributed by atoms with Crippen molar-refractivity contribution in [1.82, 2.24) is 0 Å². The molecule has 0 saturated heterocycles. The second-order valence-corrected chi connectivity index (χ2v) is 16.0. The number of thioether (sulfide) groups is 1. The molecule has 0 amide bonds. The zero-order valence-electron chi connectivity index (χ0n) is 40.3. The lowest BCUT2D eigenvalue weighted by Crippen LogP contribution is -2.00. The average Bonchev–Trinajstić information content (AvgIpc) is 3.18. The van der Waals surface area contributed by atoms with Crippen molar-refractivity contribution in [2.45, 2.75) is 173 Å². The first-order valence-electron chi connectivity index (χ1n) is 22.0. The summed E-state index contributed by atoms with van der Waals surface area (Å²) in [5.74, 6) is 1.91. The molecule has 0 bridgehead atoms. The molecular formula is C54H88O2S. The Kier molecular flexibility index (Phi) is 35.3. The van der Waals surface area contributed by atoms with Crippen molar-refractivity contribution in [3.63, 3.8) is 0 Å². The molecule has 0 heterocycles. The lowest BCUT2D eigenvalue weighted by molar-refractivity contribution is 0.404. The summed E-state index contributed by atoms with van der Waals surface area (Å²) in [5.41, 5.74) is 12.8. The first-order chi connectivity index (χ1) is 27.4. The van der Waals surface area contributed by atoms with Crippen molar-refractivity contribution < 1.29 is 9.47 Å². The van der Waals surface area contributed by atoms with Gasteiger partial charge in [-0.3, -0.25) is 0 Å². The van der Waals surface area contributed by atoms with E-state index in [1.54, 1.807) is 26.0 Å². The van der Waals surface area contributed by atoms with E-state index in [9.17, 15) is 0 Å². The topological polar surface area (TPSA) is 18.5 Å². The van der Waals surface area contributed by atoms with Crippen LogP contribution in [0.4, 0.5) is 0 Å². The first-order valence-corrected chi connectivity index (χ1v) is 23.6. The van der Waals surface area contributed by atoms with Gasteiger partial charge in [0.1, 0.15) is 11.5 Å². The van der Waals surface area contributed by atoms with Gasteiger partial charge in [-0.15, -0.1) is 0 Å². The normalized spacial score (nSPS) is 12.5. The minimum absolute atomic E-state index is 0.843. The Morgan fingerprint density at radius 3 is 1.05 bits per heavy atom. The highest BCUT2D eigenvalue weighted by Crippen LogP contribution is 2.40. The van der Waals surface area contributed by atoms with Gasteiger partial charge in [0, 0.05) is 16.3 Å². The van der Waals surface area contributed by atoms with Crippen LogP contribution in [-0.4, -0.2) is 26.7 Å². The molecule has 3 heteroatoms. The molecule has 322 valence electrons. The standard InChI is InChI=1S/C48H70O2.C2H6S.2C2H6/c1-36(2)20-14-21-37(3)22-15-23-38(4)24-16-25-39(5)26-17-27-40(6)28-18-29-41(7)30-19-31-42(8)34-35-44-43(9)47(49-10)45-32-12-13-33-46(45)48(44)50-11;1-3-2;2*1-2/h12-13,20,22,24,26,28,30,32-34H,14-19,21,23,25,27,29,31,35H2,1-11H3;1-2H3;2*1-2H3/b37-22+,38-24+,39-26+,40-28+,41-30+,42-34+;;;. The largest absolute Gasteiger partial charge is 0.496 e. The maximum Gasteiger partial charge on any atom is 0.130 e. The van der Waals surface area contributed by atoms with E-state index in [2.05, 4.69) is 129 Å². The SMILES string of the molecule is CC.CC.COc1c(C)c(C/C=C(\C)CC/C=C(\C)CC/C=C(\C)CC/C=C(\C)CC/C=C(\C)CC/C=C(\C)CCC=C(C)C)c(OC)c2ccccc12.CSC. The maximum atomic E-state index is 5.91. The predicted octanol–water partition coefficient (Wildman–Crippen LogP) is 18.1. The molecule has 0 unspecified atom stereocenters. The Balaban J connectivity index is 0. The van der Waals surface area contributed by atoms with Crippen molar-refractivity contribution in [1.29, 1.82) is 0 Å². The minimum Gasteiger partial charge on any atom is -0.496 e. The summed E-state index contributed by atoms with van der Waals surface area (Å²) in [6, 6.07) is 8.35. The Morgan fingerprint density at radius 2 is 0.754 bits per heavy atom. The molecule has 0 spiro atoms. The zero-order chi connectivity index (χ0) is 43.6. The molecule has 0 radical (unpaired) electrons. The number of allylic oxidation sites excluding steroid dienone is 14. The second kappa shape index (κ2) is 36.0. The van der Waals surface area contributed by atoms with Crippen LogP contribution < -0.4 is 9.47 Å². The van der Waals surface area contributed by atoms with E-state index >= 15 is 0 Å². The molecule has 0 atom stereocenters. The van der Waals surface area contributed by atoms with Crippen LogP contribution in [0.5, 0.6) is 11.5 Å². The number of hydrogen-bond acceptors (Lipinski definition) is 3. The maximum absolute atomic E-state index is 5.91. The fourth-order valence-corrected chi connectivity index (χ4v) is 6.50. The Hall–Kier alpha value is -3.17. The molecule has 0 fully saturated rings. The van der Waals surface area contributed by atoms with Crippen LogP contribution in [0.25, 0.3) is 10.8 Å². The molecule has 2 aromatic rings. The van der Waals surface area contributed by atoms with E-state index < -0.39 is 0 Å². The van der Waals surface area contributed by atoms with Crippen molar-refractivity contribution >= 4 is 22.5 Å². The quantitative estimate of drug-likeness (QED) is 0.111. The third kappa shape index (κ3) is 25.7. The first kappa shape index (κ1) is 55.9. The third-order valence-electron chi connectivity index (χ3n) is 9.80. The van der Waals surface area contributed by atoms with Crippen molar-refractivity contribution in [2.24, 2.45) is 0 Å². The van der Waals surface area contributed by atoms with Crippen LogP contribution >= 0.6 is 11.8 Å². The molecule has 2 aromatic carbocycles. The Bertz CT molecular complexity index is 1590. The Labute approximate surface area is 359 Å². The van der Waals surface area contributed by atoms with Gasteiger partial charge in [0.2, 0.25) is 0 Å². The molecule has 0 saturated carbocycles. The summed E-state index contributed by atoms with van der Waals surface area (Å²) >= 11 is 1.75. The molecule has 2 rings (SSSR count). The number of benzene rings is 2. The van der Waals surface area contributed by atoms with Crippen molar-refractivity contribution in [2.75, 3.05) is 26.7 Å². The molecule has 0 aliphatic carbocycles. The molecule has 2 nitrogen and oxygen atoms in total. The third-order valence-corrected chi connectivity index (χ3v) is 9.80. The molecular weight excluding hydrogens is 713 g/mol. The summed E-state index contributed by atoms with van der Waals surface area (Å²) < 4.78 is 11.7. The number of fused-ring (bicyclic) bond motifs is 1. The van der Waals surface area contributed by atoms with Gasteiger partial charge in [-0.2, -0.15) is 11.8 Å². The minimum atomic E-state index is 0.843. The second-order valence-electron chi connectivity index (χ2n) is 15.1. The molecule has 57 heavy (non-hydrogen) atoms. The van der Waals surface area contributed by atoms with Gasteiger partial charge in [0.05, 0.1) is 14.2 Å². The predicted molar refractivity (Wildman–Crippen MR) is 265 cm³/mol. The summed E-state index contributed by atoms with van der Waals surface area (Å²) in [5, 5.41) is 2.21. The summed E-state index contributed by atoms with van der Waals surface area (Å²) in [4.78, 5) is 0. The van der Waals surface area contributed by atoms with Gasteiger partial charge in [0.25, 0.3) is 0 Å². The van der Waals surface area contributed by atoms with E-state index in [0.717, 1.165) is 85.6 Å². The van der Waals surface area contributed by atoms with Gasteiger partial charge in [0.15, 0.2) is 0 Å². The molecule has 0 aliphatic rings. The van der Waals surface area contributed by atoms with E-state index in [0.29, 0.717) is 0 Å². The smallest absolute Gasteiger partial charge is 0.130 e. The Morgan fingerprint density at radius 1 is 0.474 bits per heavy atom. The van der Waals surface area contributed by atoms with Gasteiger partial charge < -0.3 is 9.47 Å². The van der Waals surface area contributed by atoms with Crippen molar-refractivity contribution in [3.8, 4) is 11.5 Å². The monoisotopic (exact) mass is 801 g/mol. The fraction of sp³-hybridized carbons (Fsp3) is 0.556. The molecule has 0 aliphatic heterocycles. The van der Waals surface area contributed by atoms with Crippen LogP contribution in [0, 0.1) is 6.92 Å². The lowest BCUT2D eigenvalue weighted by Gasteiger charge is -2.18. The highest BCUT2D eigenvalue weighted by Gasteiger charge is 2.17. The summed E-state index contributed by atoms with van der Waals surface area (Å²) in [6.45, 7) is 28.2. The van der Waals surface area contributed by atoms with Crippen LogP contribution in [0.1, 0.15) is 171 Å². The van der Waals surface area contributed by atoms with Crippen LogP contribution in [0.3, 0.4) is 0 Å². The fourth-order valence-electron chi connectivity index (χ4n) is 6.50. The van der Waals surface area contributed by atoms with Crippen molar-refractivity contribution in [3.05, 3.63) is 117 Å². The molecule has 0 N–H and O–H groups in total. The van der Waals surface area contributed by atoms with E-state index in [-0.39, 0.29) is 0 Å². The van der Waals surface area contributed by atoms with Crippen LogP contribution in [0.2, 0.25) is 0 Å². The number of methoxy groups -OCH3 is 2. The van der Waals surface area contributed by atoms with Gasteiger partial charge in [-0.1, -0.05) is 134 Å². The average molecular weight is 801 g/mol. The van der Waals surface area contributed by atoms with Crippen LogP contribution in [0.15, 0.2) is 106 Å². The number of rotatable bonds is 22. The van der Waals surface area contributed by atoms with E-state index in [4.69, 9.17) is 9.47 Å². The van der Waals surface area contributed by atoms with E-state index in [1.165, 1.54) is 70.3 Å². The highest BCUT2D eigenvalue weighted by atomic mass is 32.2. The van der Waals surface area contributed by atoms with Gasteiger partial charge in [-0.25, -0.2) is 0 Å². The number of hydrogen-bond donors (Lipinski definition) is 0. The summed E-state index contributed by atoms with van der Waals surface area (Å²) in [7, 11) is 3.53. The van der Waals surface area contributed by atoms with Gasteiger partial charge in [-0.05, 0) is 164 Å².